The van der Waals surface area contributed by atoms with Crippen molar-refractivity contribution in [1.82, 2.24) is 9.89 Å². The van der Waals surface area contributed by atoms with Crippen LogP contribution < -0.4 is 25.2 Å². The summed E-state index contributed by atoms with van der Waals surface area (Å²) in [5, 5.41) is 30.0. The van der Waals surface area contributed by atoms with Crippen LogP contribution in [0.5, 0.6) is 0 Å². The molecule has 0 radical (unpaired) electrons. The highest BCUT2D eigenvalue weighted by molar-refractivity contribution is 6.40. The van der Waals surface area contributed by atoms with Gasteiger partial charge in [0, 0.05) is 86.6 Å². The molecular weight excluding hydrogens is 937 g/mol. The molecule has 0 bridgehead atoms. The molecule has 0 spiro atoms. The number of nitrogens with zero attached hydrogens (tertiary/aromatic N) is 2. The number of ketones is 1. The molecule has 2 aliphatic carbocycles. The van der Waals surface area contributed by atoms with Gasteiger partial charge in [0.1, 0.15) is 0 Å². The smallest absolute Gasteiger partial charge is 0.230 e. The minimum Gasteiger partial charge on any atom is -0.871 e. The molecule has 76 heavy (non-hydrogen) atoms. The van der Waals surface area contributed by atoms with Crippen molar-refractivity contribution in [1.29, 1.82) is 0 Å². The molecule has 8 nitrogen and oxygen atoms in total. The zero-order chi connectivity index (χ0) is 52.9. The Balaban J connectivity index is 1.08. The second-order valence-electron chi connectivity index (χ2n) is 21.0. The molecule has 0 heterocycles. The van der Waals surface area contributed by atoms with Crippen molar-refractivity contribution >= 4 is 106 Å². The molecule has 2 amide bonds. The molecule has 0 aromatic heterocycles. The maximum absolute atomic E-state index is 15.0. The molecule has 8 heteroatoms. The molecule has 0 unspecified atom stereocenters. The average Bonchev–Trinajstić information content (AvgIpc) is 3.47. The van der Waals surface area contributed by atoms with Crippen molar-refractivity contribution < 1.29 is 19.5 Å². The van der Waals surface area contributed by atoms with E-state index in [4.69, 9.17) is 0 Å². The van der Waals surface area contributed by atoms with Crippen LogP contribution in [-0.2, 0) is 14.4 Å². The van der Waals surface area contributed by atoms with Gasteiger partial charge in [0.05, 0.1) is 11.4 Å². The fourth-order valence-electron chi connectivity index (χ4n) is 9.93. The van der Waals surface area contributed by atoms with E-state index in [2.05, 4.69) is 141 Å². The van der Waals surface area contributed by atoms with Crippen molar-refractivity contribution in [2.45, 2.75) is 54.4 Å². The Labute approximate surface area is 443 Å². The van der Waals surface area contributed by atoms with Gasteiger partial charge in [-0.2, -0.15) is 4.58 Å². The number of fused-ring (bicyclic) bond motifs is 4. The lowest BCUT2D eigenvalue weighted by Gasteiger charge is -2.35. The zero-order valence-electron chi connectivity index (χ0n) is 43.6. The van der Waals surface area contributed by atoms with Crippen molar-refractivity contribution in [3.63, 3.8) is 0 Å². The number of benzene rings is 9. The summed E-state index contributed by atoms with van der Waals surface area (Å²) in [7, 11) is 0. The third kappa shape index (κ3) is 9.06. The summed E-state index contributed by atoms with van der Waals surface area (Å²) >= 11 is 0. The predicted molar refractivity (Wildman–Crippen MR) is 312 cm³/mol. The molecule has 0 atom stereocenters. The van der Waals surface area contributed by atoms with E-state index in [9.17, 15) is 9.59 Å². The summed E-state index contributed by atoms with van der Waals surface area (Å²) in [6, 6.07) is 63.5. The van der Waals surface area contributed by atoms with E-state index >= 15 is 9.90 Å². The van der Waals surface area contributed by atoms with E-state index in [1.165, 1.54) is 0 Å². The summed E-state index contributed by atoms with van der Waals surface area (Å²) in [5.41, 5.74) is 4.63. The van der Waals surface area contributed by atoms with E-state index in [1.807, 2.05) is 114 Å². The number of amides is 2. The molecule has 9 aromatic rings. The lowest BCUT2D eigenvalue weighted by Crippen LogP contribution is -2.39. The highest BCUT2D eigenvalue weighted by Gasteiger charge is 2.37. The zero-order valence-corrected chi connectivity index (χ0v) is 43.6. The summed E-state index contributed by atoms with van der Waals surface area (Å²) in [5.74, 6) is -1.46. The largest absolute Gasteiger partial charge is 0.871 e. The van der Waals surface area contributed by atoms with Crippen LogP contribution >= 0.6 is 0 Å². The van der Waals surface area contributed by atoms with Crippen molar-refractivity contribution in [2.75, 3.05) is 10.2 Å². The Morgan fingerprint density at radius 2 is 0.921 bits per heavy atom. The minimum absolute atomic E-state index is 0.0432. The van der Waals surface area contributed by atoms with E-state index in [0.29, 0.717) is 46.8 Å². The van der Waals surface area contributed by atoms with Gasteiger partial charge in [0.25, 0.3) is 0 Å². The molecule has 0 saturated heterocycles. The third-order valence-corrected chi connectivity index (χ3v) is 15.4. The first-order chi connectivity index (χ1) is 36.7. The lowest BCUT2D eigenvalue weighted by molar-refractivity contribution is -0.297. The van der Waals surface area contributed by atoms with Gasteiger partial charge in [-0.1, -0.05) is 163 Å². The highest BCUT2D eigenvalue weighted by Crippen LogP contribution is 2.45. The molecule has 0 saturated carbocycles. The number of carbonyl (C=O) groups excluding carboxylic acids is 3. The molecule has 0 aliphatic heterocycles. The first-order valence-electron chi connectivity index (χ1n) is 26.0. The summed E-state index contributed by atoms with van der Waals surface area (Å²) in [6.07, 6.45) is 6.63. The number of Topliss-reactive ketones (excluding diaryl/α,β-unsaturated/α-hetero) is 1. The van der Waals surface area contributed by atoms with Gasteiger partial charge < -0.3 is 20.6 Å². The predicted octanol–water partition coefficient (Wildman–Crippen LogP) is 15.1. The number of hydrogen-bond donors (Lipinski definition) is 2. The van der Waals surface area contributed by atoms with Crippen LogP contribution in [0, 0.1) is 10.8 Å². The first kappa shape index (κ1) is 49.1. The summed E-state index contributed by atoms with van der Waals surface area (Å²) in [6.45, 7) is 11.4. The molecular formula is C68H58N4O4. The van der Waals surface area contributed by atoms with Crippen LogP contribution in [0.1, 0.15) is 59.9 Å². The number of hydrogen-bond acceptors (Lipinski definition) is 5. The van der Waals surface area contributed by atoms with Crippen LogP contribution in [0.25, 0.3) is 48.7 Å². The van der Waals surface area contributed by atoms with Gasteiger partial charge in [-0.05, 0) is 111 Å². The van der Waals surface area contributed by atoms with Crippen molar-refractivity contribution in [3.05, 3.63) is 234 Å². The minimum atomic E-state index is -0.770. The lowest BCUT2D eigenvalue weighted by atomic mass is 9.78. The van der Waals surface area contributed by atoms with E-state index in [-0.39, 0.29) is 23.0 Å². The molecule has 9 aromatic carbocycles. The Kier molecular flexibility index (Phi) is 12.7. The second-order valence-corrected chi connectivity index (χ2v) is 21.0. The fraction of sp³-hybridized carbons (Fsp3) is 0.147. The number of nitrogens with one attached hydrogen (secondary N) is 2. The maximum atomic E-state index is 15.0. The number of allylic oxidation sites excluding steroid dienone is 5. The second kappa shape index (κ2) is 19.6. The molecule has 374 valence electrons. The maximum Gasteiger partial charge on any atom is 0.230 e. The highest BCUT2D eigenvalue weighted by atomic mass is 16.3. The van der Waals surface area contributed by atoms with Gasteiger partial charge in [-0.25, -0.2) is 0 Å². The van der Waals surface area contributed by atoms with E-state index < -0.39 is 22.4 Å². The Morgan fingerprint density at radius 1 is 0.500 bits per heavy atom. The van der Waals surface area contributed by atoms with Crippen LogP contribution in [0.15, 0.2) is 229 Å². The molecule has 0 fully saturated rings. The van der Waals surface area contributed by atoms with Gasteiger partial charge >= 0.3 is 0 Å². The first-order valence-corrected chi connectivity index (χ1v) is 26.0. The number of rotatable bonds is 12. The van der Waals surface area contributed by atoms with Crippen LogP contribution in [-0.4, -0.2) is 23.3 Å². The van der Waals surface area contributed by atoms with E-state index in [0.717, 1.165) is 65.8 Å². The topological polar surface area (TPSA) is 105 Å². The van der Waals surface area contributed by atoms with Gasteiger partial charge in [-0.3, -0.25) is 14.4 Å². The number of carbonyl (C=O) groups is 3. The average molecular weight is 995 g/mol. The third-order valence-electron chi connectivity index (χ3n) is 15.4. The normalized spacial score (nSPS) is 14.8. The van der Waals surface area contributed by atoms with Gasteiger partial charge in [0.2, 0.25) is 28.9 Å². The van der Waals surface area contributed by atoms with E-state index in [1.54, 1.807) is 12.1 Å². The quantitative estimate of drug-likeness (QED) is 0.0937. The van der Waals surface area contributed by atoms with Gasteiger partial charge in [-0.15, -0.1) is 0 Å². The fourth-order valence-corrected chi connectivity index (χ4v) is 9.93. The van der Waals surface area contributed by atoms with Crippen LogP contribution in [0.2, 0.25) is 0 Å². The van der Waals surface area contributed by atoms with Crippen molar-refractivity contribution in [3.8, 4) is 0 Å². The molecule has 2 N–H and O–H groups in total. The summed E-state index contributed by atoms with van der Waals surface area (Å²) in [4.78, 5) is 45.6. The molecule has 2 aliphatic rings. The SMILES string of the molecule is CCC(C)(C)C(=O)NC1=CC(=[N+](c2ccc3ccccc3c2)c2ccc3ccccc3c2)C=C/C1=C1\C(=O)C(c2ccc(N(c3ccc4ccccc4c3)c3ccc4ccccc4c3)cc2NC(=O)C(C)(C)CC)=C1[O-]. The van der Waals surface area contributed by atoms with Crippen LogP contribution in [0.4, 0.5) is 34.1 Å². The van der Waals surface area contributed by atoms with Crippen LogP contribution in [0.3, 0.4) is 0 Å². The molecule has 11 rings (SSSR count). The Morgan fingerprint density at radius 3 is 1.39 bits per heavy atom. The standard InChI is InChI=1S/C68H58N4O4/c1-7-67(3,4)65(75)69-59-41-55(71(51-29-25-43-17-9-13-21-47(43)37-51)52-30-26-44-18-10-14-22-48(44)38-52)33-35-57(59)61-63(73)62(64(61)74)58-36-34-56(42-60(58)70-66(76)68(5,6)8-2)72(53-31-27-45-19-11-15-23-49(45)39-53)54-32-28-46-20-12-16-24-50(46)40-54/h9-42H,7-8H2,1-6H3,(H2,69,70,73,74,75,76). The van der Waals surface area contributed by atoms with Crippen molar-refractivity contribution in [2.24, 2.45) is 10.8 Å². The number of anilines is 4. The summed E-state index contributed by atoms with van der Waals surface area (Å²) < 4.78 is 2.13. The Bertz CT molecular complexity index is 3900. The monoisotopic (exact) mass is 994 g/mol. The van der Waals surface area contributed by atoms with Gasteiger partial charge in [0.15, 0.2) is 5.78 Å². The Hall–Kier alpha value is -9.14.